The molecule has 0 radical (unpaired) electrons. The largest absolute Gasteiger partial charge is 0.323 e. The summed E-state index contributed by atoms with van der Waals surface area (Å²) in [5.41, 5.74) is 3.76. The highest BCUT2D eigenvalue weighted by Gasteiger charge is 2.04. The molecule has 0 atom stereocenters. The maximum Gasteiger partial charge on any atom is 0.323 e. The standard InChI is InChI=1S/C17H17ClN2O/c1-12-5-3-6-14(11-12)9-10-19-17(21)20-16-8-4-7-15(18)13(16)2/h3-11H,1-2H3,(H2,19,20,21)/b10-9+. The molecule has 2 aromatic carbocycles. The van der Waals surface area contributed by atoms with E-state index in [2.05, 4.69) is 10.6 Å². The van der Waals surface area contributed by atoms with E-state index < -0.39 is 0 Å². The number of anilines is 1. The summed E-state index contributed by atoms with van der Waals surface area (Å²) in [5, 5.41) is 6.06. The number of halogens is 1. The van der Waals surface area contributed by atoms with Gasteiger partial charge in [-0.05, 0) is 43.2 Å². The number of aryl methyl sites for hydroxylation is 1. The number of benzene rings is 2. The van der Waals surface area contributed by atoms with Crippen molar-refractivity contribution in [2.45, 2.75) is 13.8 Å². The van der Waals surface area contributed by atoms with Crippen LogP contribution in [0.3, 0.4) is 0 Å². The lowest BCUT2D eigenvalue weighted by Crippen LogP contribution is -2.24. The fourth-order valence-corrected chi connectivity index (χ4v) is 2.06. The van der Waals surface area contributed by atoms with Crippen molar-refractivity contribution in [2.24, 2.45) is 0 Å². The second kappa shape index (κ2) is 6.95. The lowest BCUT2D eigenvalue weighted by Gasteiger charge is -2.08. The molecule has 0 spiro atoms. The van der Waals surface area contributed by atoms with Crippen LogP contribution in [0.25, 0.3) is 6.08 Å². The quantitative estimate of drug-likeness (QED) is 0.844. The maximum absolute atomic E-state index is 11.8. The molecule has 0 aliphatic carbocycles. The van der Waals surface area contributed by atoms with E-state index in [9.17, 15) is 4.79 Å². The van der Waals surface area contributed by atoms with Crippen molar-refractivity contribution in [1.82, 2.24) is 5.32 Å². The minimum absolute atomic E-state index is 0.302. The molecule has 0 saturated heterocycles. The molecule has 0 heterocycles. The molecule has 0 unspecified atom stereocenters. The number of hydrogen-bond donors (Lipinski definition) is 2. The topological polar surface area (TPSA) is 41.1 Å². The Kier molecular flexibility index (Phi) is 5.01. The molecule has 2 rings (SSSR count). The summed E-state index contributed by atoms with van der Waals surface area (Å²) in [6.07, 6.45) is 3.46. The van der Waals surface area contributed by atoms with Crippen LogP contribution in [0.1, 0.15) is 16.7 Å². The molecule has 2 amide bonds. The van der Waals surface area contributed by atoms with Crippen LogP contribution >= 0.6 is 11.6 Å². The van der Waals surface area contributed by atoms with Gasteiger partial charge in [0.05, 0.1) is 0 Å². The predicted octanol–water partition coefficient (Wildman–Crippen LogP) is 4.75. The Morgan fingerprint density at radius 3 is 2.67 bits per heavy atom. The Balaban J connectivity index is 1.95. The van der Waals surface area contributed by atoms with Gasteiger partial charge in [-0.1, -0.05) is 47.5 Å². The SMILES string of the molecule is Cc1cccc(/C=C/NC(=O)Nc2cccc(Cl)c2C)c1. The van der Waals surface area contributed by atoms with E-state index in [0.717, 1.165) is 11.1 Å². The molecule has 0 bridgehead atoms. The average molecular weight is 301 g/mol. The van der Waals surface area contributed by atoms with Crippen LogP contribution in [0.15, 0.2) is 48.7 Å². The first-order chi connectivity index (χ1) is 10.1. The average Bonchev–Trinajstić information content (AvgIpc) is 2.44. The highest BCUT2D eigenvalue weighted by molar-refractivity contribution is 6.31. The van der Waals surface area contributed by atoms with Crippen molar-refractivity contribution in [1.29, 1.82) is 0 Å². The number of rotatable bonds is 3. The number of carbonyl (C=O) groups excluding carboxylic acids is 1. The molecule has 2 aromatic rings. The molecule has 4 heteroatoms. The van der Waals surface area contributed by atoms with Gasteiger partial charge in [0.25, 0.3) is 0 Å². The zero-order chi connectivity index (χ0) is 15.2. The summed E-state index contributed by atoms with van der Waals surface area (Å²) in [6.45, 7) is 3.89. The van der Waals surface area contributed by atoms with Gasteiger partial charge in [-0.3, -0.25) is 0 Å². The third-order valence-corrected chi connectivity index (χ3v) is 3.46. The van der Waals surface area contributed by atoms with Crippen LogP contribution in [0, 0.1) is 13.8 Å². The van der Waals surface area contributed by atoms with E-state index in [-0.39, 0.29) is 6.03 Å². The minimum atomic E-state index is -0.302. The van der Waals surface area contributed by atoms with Crippen LogP contribution in [0.4, 0.5) is 10.5 Å². The number of hydrogen-bond acceptors (Lipinski definition) is 1. The Morgan fingerprint density at radius 2 is 1.90 bits per heavy atom. The third kappa shape index (κ3) is 4.36. The maximum atomic E-state index is 11.8. The second-order valence-corrected chi connectivity index (χ2v) is 5.17. The van der Waals surface area contributed by atoms with Gasteiger partial charge in [-0.25, -0.2) is 4.79 Å². The molecule has 0 aliphatic heterocycles. The smallest absolute Gasteiger partial charge is 0.314 e. The van der Waals surface area contributed by atoms with Crippen molar-refractivity contribution in [3.8, 4) is 0 Å². The zero-order valence-corrected chi connectivity index (χ0v) is 12.7. The summed E-state index contributed by atoms with van der Waals surface area (Å²) in [4.78, 5) is 11.8. The van der Waals surface area contributed by atoms with Crippen molar-refractivity contribution in [3.05, 3.63) is 70.4 Å². The van der Waals surface area contributed by atoms with Gasteiger partial charge >= 0.3 is 6.03 Å². The summed E-state index contributed by atoms with van der Waals surface area (Å²) in [6, 6.07) is 13.1. The van der Waals surface area contributed by atoms with Crippen LogP contribution in [0.2, 0.25) is 5.02 Å². The Bertz CT molecular complexity index is 680. The normalized spacial score (nSPS) is 10.6. The van der Waals surface area contributed by atoms with Crippen LogP contribution in [0.5, 0.6) is 0 Å². The zero-order valence-electron chi connectivity index (χ0n) is 12.0. The van der Waals surface area contributed by atoms with E-state index in [1.807, 2.05) is 50.3 Å². The van der Waals surface area contributed by atoms with Crippen molar-refractivity contribution < 1.29 is 4.79 Å². The van der Waals surface area contributed by atoms with Crippen LogP contribution < -0.4 is 10.6 Å². The van der Waals surface area contributed by atoms with Gasteiger partial charge in [-0.15, -0.1) is 0 Å². The first kappa shape index (κ1) is 15.1. The van der Waals surface area contributed by atoms with E-state index in [0.29, 0.717) is 10.7 Å². The number of carbonyl (C=O) groups is 1. The van der Waals surface area contributed by atoms with Gasteiger partial charge in [0.15, 0.2) is 0 Å². The van der Waals surface area contributed by atoms with Gasteiger partial charge in [0.1, 0.15) is 0 Å². The summed E-state index contributed by atoms with van der Waals surface area (Å²) >= 11 is 6.01. The highest BCUT2D eigenvalue weighted by Crippen LogP contribution is 2.22. The van der Waals surface area contributed by atoms with Gasteiger partial charge in [0, 0.05) is 16.9 Å². The molecule has 0 aromatic heterocycles. The summed E-state index contributed by atoms with van der Waals surface area (Å²) in [5.74, 6) is 0. The summed E-state index contributed by atoms with van der Waals surface area (Å²) < 4.78 is 0. The third-order valence-electron chi connectivity index (χ3n) is 3.05. The van der Waals surface area contributed by atoms with Gasteiger partial charge < -0.3 is 10.6 Å². The second-order valence-electron chi connectivity index (χ2n) is 4.76. The summed E-state index contributed by atoms with van der Waals surface area (Å²) in [7, 11) is 0. The molecule has 0 saturated carbocycles. The highest BCUT2D eigenvalue weighted by atomic mass is 35.5. The van der Waals surface area contributed by atoms with Gasteiger partial charge in [-0.2, -0.15) is 0 Å². The fraction of sp³-hybridized carbons (Fsp3) is 0.118. The first-order valence-electron chi connectivity index (χ1n) is 6.62. The van der Waals surface area contributed by atoms with E-state index >= 15 is 0 Å². The number of amides is 2. The molecule has 21 heavy (non-hydrogen) atoms. The number of nitrogens with one attached hydrogen (secondary N) is 2. The molecule has 0 fully saturated rings. The molecule has 108 valence electrons. The van der Waals surface area contributed by atoms with Crippen molar-refractivity contribution >= 4 is 29.4 Å². The van der Waals surface area contributed by atoms with Crippen LogP contribution in [-0.2, 0) is 0 Å². The van der Waals surface area contributed by atoms with E-state index in [1.165, 1.54) is 5.56 Å². The van der Waals surface area contributed by atoms with E-state index in [1.54, 1.807) is 18.3 Å². The minimum Gasteiger partial charge on any atom is -0.314 e. The Labute approximate surface area is 129 Å². The fourth-order valence-electron chi connectivity index (χ4n) is 1.89. The van der Waals surface area contributed by atoms with Crippen LogP contribution in [-0.4, -0.2) is 6.03 Å². The lowest BCUT2D eigenvalue weighted by molar-refractivity contribution is 0.255. The molecule has 0 aliphatic rings. The monoisotopic (exact) mass is 300 g/mol. The Morgan fingerprint density at radius 1 is 1.14 bits per heavy atom. The predicted molar refractivity (Wildman–Crippen MR) is 88.6 cm³/mol. The lowest BCUT2D eigenvalue weighted by atomic mass is 10.1. The van der Waals surface area contributed by atoms with E-state index in [4.69, 9.17) is 11.6 Å². The molecule has 2 N–H and O–H groups in total. The molecular weight excluding hydrogens is 284 g/mol. The molecule has 3 nitrogen and oxygen atoms in total. The van der Waals surface area contributed by atoms with Crippen molar-refractivity contribution in [2.75, 3.05) is 5.32 Å². The van der Waals surface area contributed by atoms with Crippen molar-refractivity contribution in [3.63, 3.8) is 0 Å². The molecular formula is C17H17ClN2O. The van der Waals surface area contributed by atoms with Gasteiger partial charge in [0.2, 0.25) is 0 Å². The Hall–Kier alpha value is -2.26. The number of urea groups is 1. The first-order valence-corrected chi connectivity index (χ1v) is 7.00.